The Balaban J connectivity index is 2.32. The molecule has 104 valence electrons. The van der Waals surface area contributed by atoms with Gasteiger partial charge in [0.25, 0.3) is 15.0 Å². The summed E-state index contributed by atoms with van der Waals surface area (Å²) < 4.78 is 27.6. The molecule has 1 fully saturated rings. The molecule has 0 bridgehead atoms. The number of halogens is 1. The minimum atomic E-state index is -3.87. The smallest absolute Gasteiger partial charge is 0.261 e. The van der Waals surface area contributed by atoms with Gasteiger partial charge in [-0.2, -0.15) is 0 Å². The molecule has 1 amide bonds. The van der Waals surface area contributed by atoms with Crippen molar-refractivity contribution in [3.8, 4) is 5.75 Å². The average molecular weight is 304 g/mol. The second kappa shape index (κ2) is 5.38. The Bertz CT molecular complexity index is 596. The Morgan fingerprint density at radius 1 is 1.42 bits per heavy atom. The van der Waals surface area contributed by atoms with E-state index in [0.717, 1.165) is 19.3 Å². The first-order chi connectivity index (χ1) is 8.91. The first-order valence-corrected chi connectivity index (χ1v) is 8.16. The summed E-state index contributed by atoms with van der Waals surface area (Å²) in [6.45, 7) is 0. The van der Waals surface area contributed by atoms with Crippen LogP contribution in [-0.4, -0.2) is 27.5 Å². The van der Waals surface area contributed by atoms with E-state index in [1.54, 1.807) is 0 Å². The SMILES string of the molecule is COc1ccc(S(=O)(=O)Cl)cc1C(=O)NC1CCC1. The summed E-state index contributed by atoms with van der Waals surface area (Å²) in [7, 11) is 2.83. The van der Waals surface area contributed by atoms with Crippen molar-refractivity contribution in [2.75, 3.05) is 7.11 Å². The highest BCUT2D eigenvalue weighted by molar-refractivity contribution is 8.13. The number of benzene rings is 1. The third-order valence-corrected chi connectivity index (χ3v) is 4.49. The van der Waals surface area contributed by atoms with Gasteiger partial charge in [0.15, 0.2) is 0 Å². The van der Waals surface area contributed by atoms with E-state index in [4.69, 9.17) is 15.4 Å². The summed E-state index contributed by atoms with van der Waals surface area (Å²) in [5.41, 5.74) is 0.177. The summed E-state index contributed by atoms with van der Waals surface area (Å²) in [6, 6.07) is 4.12. The average Bonchev–Trinajstić information content (AvgIpc) is 2.31. The van der Waals surface area contributed by atoms with Gasteiger partial charge in [-0.15, -0.1) is 0 Å². The first kappa shape index (κ1) is 14.1. The topological polar surface area (TPSA) is 72.5 Å². The molecule has 1 saturated carbocycles. The van der Waals surface area contributed by atoms with Crippen molar-refractivity contribution < 1.29 is 17.9 Å². The van der Waals surface area contributed by atoms with Crippen LogP contribution in [0.15, 0.2) is 23.1 Å². The highest BCUT2D eigenvalue weighted by atomic mass is 35.7. The van der Waals surface area contributed by atoms with Gasteiger partial charge >= 0.3 is 0 Å². The molecule has 1 aromatic carbocycles. The number of carbonyl (C=O) groups excluding carboxylic acids is 1. The van der Waals surface area contributed by atoms with E-state index in [1.165, 1.54) is 25.3 Å². The molecule has 1 aliphatic carbocycles. The number of nitrogens with one attached hydrogen (secondary N) is 1. The van der Waals surface area contributed by atoms with Crippen molar-refractivity contribution >= 4 is 25.6 Å². The summed E-state index contributed by atoms with van der Waals surface area (Å²) in [5, 5.41) is 2.83. The molecule has 0 heterocycles. The second-order valence-electron chi connectivity index (χ2n) is 4.40. The third-order valence-electron chi connectivity index (χ3n) is 3.14. The van der Waals surface area contributed by atoms with Crippen LogP contribution < -0.4 is 10.1 Å². The van der Waals surface area contributed by atoms with Crippen molar-refractivity contribution in [3.05, 3.63) is 23.8 Å². The maximum atomic E-state index is 12.1. The number of methoxy groups -OCH3 is 1. The lowest BCUT2D eigenvalue weighted by Crippen LogP contribution is -2.39. The van der Waals surface area contributed by atoms with Crippen LogP contribution in [0, 0.1) is 0 Å². The summed E-state index contributed by atoms with van der Waals surface area (Å²) >= 11 is 0. The molecular weight excluding hydrogens is 290 g/mol. The Hall–Kier alpha value is -1.27. The summed E-state index contributed by atoms with van der Waals surface area (Å²) in [4.78, 5) is 12.0. The van der Waals surface area contributed by atoms with Gasteiger partial charge < -0.3 is 10.1 Å². The number of ether oxygens (including phenoxy) is 1. The lowest BCUT2D eigenvalue weighted by atomic mass is 9.93. The Kier molecular flexibility index (Phi) is 4.01. The van der Waals surface area contributed by atoms with Crippen LogP contribution in [0.2, 0.25) is 0 Å². The molecular formula is C12H14ClNO4S. The maximum absolute atomic E-state index is 12.1. The van der Waals surface area contributed by atoms with Crippen LogP contribution in [0.1, 0.15) is 29.6 Å². The van der Waals surface area contributed by atoms with Crippen LogP contribution in [0.4, 0.5) is 0 Å². The molecule has 0 aromatic heterocycles. The van der Waals surface area contributed by atoms with Gasteiger partial charge in [-0.25, -0.2) is 8.42 Å². The number of carbonyl (C=O) groups is 1. The van der Waals surface area contributed by atoms with Gasteiger partial charge in [-0.1, -0.05) is 0 Å². The van der Waals surface area contributed by atoms with E-state index < -0.39 is 9.05 Å². The summed E-state index contributed by atoms with van der Waals surface area (Å²) in [5.74, 6) is -0.0235. The van der Waals surface area contributed by atoms with Crippen LogP contribution in [0.25, 0.3) is 0 Å². The lowest BCUT2D eigenvalue weighted by Gasteiger charge is -2.26. The van der Waals surface area contributed by atoms with Crippen LogP contribution >= 0.6 is 10.7 Å². The number of hydrogen-bond donors (Lipinski definition) is 1. The highest BCUT2D eigenvalue weighted by Gasteiger charge is 2.23. The predicted octanol–water partition coefficient (Wildman–Crippen LogP) is 1.90. The fourth-order valence-electron chi connectivity index (χ4n) is 1.83. The van der Waals surface area contributed by atoms with Crippen molar-refractivity contribution in [1.29, 1.82) is 0 Å². The molecule has 5 nitrogen and oxygen atoms in total. The first-order valence-electron chi connectivity index (χ1n) is 5.85. The van der Waals surface area contributed by atoms with Crippen molar-refractivity contribution in [3.63, 3.8) is 0 Å². The largest absolute Gasteiger partial charge is 0.496 e. The third kappa shape index (κ3) is 3.19. The molecule has 1 aromatic rings. The second-order valence-corrected chi connectivity index (χ2v) is 6.97. The quantitative estimate of drug-likeness (QED) is 0.862. The van der Waals surface area contributed by atoms with Gasteiger partial charge in [0, 0.05) is 16.7 Å². The molecule has 0 unspecified atom stereocenters. The van der Waals surface area contributed by atoms with E-state index in [1.807, 2.05) is 0 Å². The zero-order valence-electron chi connectivity index (χ0n) is 10.3. The fourth-order valence-corrected chi connectivity index (χ4v) is 2.61. The molecule has 19 heavy (non-hydrogen) atoms. The number of amides is 1. The van der Waals surface area contributed by atoms with Gasteiger partial charge in [0.2, 0.25) is 0 Å². The Labute approximate surface area is 116 Å². The van der Waals surface area contributed by atoms with Crippen molar-refractivity contribution in [2.45, 2.75) is 30.2 Å². The Morgan fingerprint density at radius 2 is 2.11 bits per heavy atom. The van der Waals surface area contributed by atoms with E-state index in [-0.39, 0.29) is 22.4 Å². The predicted molar refractivity (Wildman–Crippen MR) is 71.1 cm³/mol. The Morgan fingerprint density at radius 3 is 2.58 bits per heavy atom. The minimum Gasteiger partial charge on any atom is -0.496 e. The normalized spacial score (nSPS) is 15.7. The van der Waals surface area contributed by atoms with E-state index in [0.29, 0.717) is 5.75 Å². The van der Waals surface area contributed by atoms with E-state index in [9.17, 15) is 13.2 Å². The van der Waals surface area contributed by atoms with Crippen LogP contribution in [-0.2, 0) is 9.05 Å². The van der Waals surface area contributed by atoms with Gasteiger partial charge in [-0.05, 0) is 37.5 Å². The van der Waals surface area contributed by atoms with Crippen LogP contribution in [0.3, 0.4) is 0 Å². The monoisotopic (exact) mass is 303 g/mol. The van der Waals surface area contributed by atoms with Gasteiger partial charge in [-0.3, -0.25) is 4.79 Å². The minimum absolute atomic E-state index is 0.117. The lowest BCUT2D eigenvalue weighted by molar-refractivity contribution is 0.0913. The molecule has 1 N–H and O–H groups in total. The fraction of sp³-hybridized carbons (Fsp3) is 0.417. The standard InChI is InChI=1S/C12H14ClNO4S/c1-18-11-6-5-9(19(13,16)17)7-10(11)12(15)14-8-3-2-4-8/h5-8H,2-4H2,1H3,(H,14,15). The molecule has 1 aliphatic rings. The molecule has 0 atom stereocenters. The van der Waals surface area contributed by atoms with E-state index in [2.05, 4.69) is 5.32 Å². The zero-order chi connectivity index (χ0) is 14.0. The molecule has 7 heteroatoms. The molecule has 2 rings (SSSR count). The number of rotatable bonds is 4. The zero-order valence-corrected chi connectivity index (χ0v) is 11.9. The van der Waals surface area contributed by atoms with Crippen LogP contribution in [0.5, 0.6) is 5.75 Å². The highest BCUT2D eigenvalue weighted by Crippen LogP contribution is 2.25. The van der Waals surface area contributed by atoms with Crippen molar-refractivity contribution in [1.82, 2.24) is 5.32 Å². The molecule has 0 spiro atoms. The van der Waals surface area contributed by atoms with E-state index >= 15 is 0 Å². The molecule has 0 aliphatic heterocycles. The maximum Gasteiger partial charge on any atom is 0.261 e. The molecule has 0 radical (unpaired) electrons. The van der Waals surface area contributed by atoms with Crippen molar-refractivity contribution in [2.24, 2.45) is 0 Å². The van der Waals surface area contributed by atoms with Gasteiger partial charge in [0.1, 0.15) is 5.75 Å². The molecule has 0 saturated heterocycles. The summed E-state index contributed by atoms with van der Waals surface area (Å²) in [6.07, 6.45) is 2.99. The number of hydrogen-bond acceptors (Lipinski definition) is 4. The van der Waals surface area contributed by atoms with Gasteiger partial charge in [0.05, 0.1) is 17.6 Å².